The minimum Gasteiger partial charge on any atom is -0.330 e. The van der Waals surface area contributed by atoms with Crippen LogP contribution < -0.4 is 11.1 Å². The molecule has 2 heterocycles. The van der Waals surface area contributed by atoms with Crippen LogP contribution in [0.2, 0.25) is 0 Å². The number of nitrogens with one attached hydrogen (secondary N) is 2. The fraction of sp³-hybridized carbons (Fsp3) is 0.600. The first kappa shape index (κ1) is 24.3. The van der Waals surface area contributed by atoms with E-state index in [0.717, 1.165) is 41.2 Å². The maximum atomic E-state index is 13.0. The SMILES string of the molecule is CS(=O)(=O)N(C(=O)c1csc(C(=N)NC(=O)[C@@H]2CCCN2C(=O)CN)c1)C1CCCCC1. The highest BCUT2D eigenvalue weighted by molar-refractivity contribution is 7.88. The fourth-order valence-electron chi connectivity index (χ4n) is 4.33. The number of rotatable bonds is 6. The Bertz CT molecular complexity index is 1000. The number of hydrogen-bond donors (Lipinski definition) is 3. The van der Waals surface area contributed by atoms with Gasteiger partial charge in [0.2, 0.25) is 21.8 Å². The predicted octanol–water partition coefficient (Wildman–Crippen LogP) is 0.874. The van der Waals surface area contributed by atoms with Crippen molar-refractivity contribution in [3.8, 4) is 0 Å². The van der Waals surface area contributed by atoms with Gasteiger partial charge in [-0.1, -0.05) is 19.3 Å². The Balaban J connectivity index is 1.71. The van der Waals surface area contributed by atoms with E-state index in [1.165, 1.54) is 16.3 Å². The molecule has 3 rings (SSSR count). The average Bonchev–Trinajstić information content (AvgIpc) is 3.43. The molecule has 32 heavy (non-hydrogen) atoms. The minimum atomic E-state index is -3.75. The summed E-state index contributed by atoms with van der Waals surface area (Å²) in [6.45, 7) is 0.261. The van der Waals surface area contributed by atoms with Crippen LogP contribution in [-0.4, -0.2) is 72.6 Å². The van der Waals surface area contributed by atoms with Crippen molar-refractivity contribution in [1.82, 2.24) is 14.5 Å². The second-order valence-corrected chi connectivity index (χ2v) is 10.9. The van der Waals surface area contributed by atoms with Crippen molar-refractivity contribution >= 4 is 44.9 Å². The lowest BCUT2D eigenvalue weighted by molar-refractivity contribution is -0.136. The van der Waals surface area contributed by atoms with Crippen molar-refractivity contribution in [2.45, 2.75) is 57.0 Å². The Morgan fingerprint density at radius 1 is 1.22 bits per heavy atom. The Morgan fingerprint density at radius 2 is 1.91 bits per heavy atom. The van der Waals surface area contributed by atoms with Gasteiger partial charge < -0.3 is 16.0 Å². The van der Waals surface area contributed by atoms with Crippen LogP contribution in [-0.2, 0) is 19.6 Å². The van der Waals surface area contributed by atoms with Crippen LogP contribution in [0.25, 0.3) is 0 Å². The number of amides is 3. The maximum absolute atomic E-state index is 13.0. The van der Waals surface area contributed by atoms with Gasteiger partial charge in [-0.15, -0.1) is 11.3 Å². The number of hydrogen-bond acceptors (Lipinski definition) is 8. The molecule has 1 aliphatic carbocycles. The van der Waals surface area contributed by atoms with Gasteiger partial charge in [-0.05, 0) is 31.7 Å². The normalized spacial score (nSPS) is 19.6. The number of carbonyl (C=O) groups is 3. The highest BCUT2D eigenvalue weighted by Gasteiger charge is 2.35. The Labute approximate surface area is 191 Å². The van der Waals surface area contributed by atoms with Crippen LogP contribution in [0.15, 0.2) is 11.4 Å². The van der Waals surface area contributed by atoms with Gasteiger partial charge in [0, 0.05) is 18.0 Å². The van der Waals surface area contributed by atoms with Crippen molar-refractivity contribution in [3.63, 3.8) is 0 Å². The molecule has 4 N–H and O–H groups in total. The molecule has 0 aromatic carbocycles. The molecular formula is C20H29N5O5S2. The van der Waals surface area contributed by atoms with E-state index in [9.17, 15) is 22.8 Å². The van der Waals surface area contributed by atoms with Crippen molar-refractivity contribution < 1.29 is 22.8 Å². The zero-order valence-corrected chi connectivity index (χ0v) is 19.6. The van der Waals surface area contributed by atoms with Gasteiger partial charge in [0.15, 0.2) is 0 Å². The van der Waals surface area contributed by atoms with Gasteiger partial charge in [0.25, 0.3) is 5.91 Å². The quantitative estimate of drug-likeness (QED) is 0.403. The van der Waals surface area contributed by atoms with Crippen molar-refractivity contribution in [3.05, 3.63) is 21.9 Å². The van der Waals surface area contributed by atoms with Crippen LogP contribution in [0.5, 0.6) is 0 Å². The number of likely N-dealkylation sites (tertiary alicyclic amines) is 1. The number of amidine groups is 1. The number of thiophene rings is 1. The molecule has 3 amide bonds. The molecule has 10 nitrogen and oxygen atoms in total. The van der Waals surface area contributed by atoms with Gasteiger partial charge in [-0.25, -0.2) is 12.7 Å². The molecular weight excluding hydrogens is 454 g/mol. The van der Waals surface area contributed by atoms with E-state index in [2.05, 4.69) is 5.32 Å². The summed E-state index contributed by atoms with van der Waals surface area (Å²) >= 11 is 1.07. The first-order valence-corrected chi connectivity index (χ1v) is 13.4. The molecule has 176 valence electrons. The smallest absolute Gasteiger partial charge is 0.268 e. The van der Waals surface area contributed by atoms with Gasteiger partial charge >= 0.3 is 0 Å². The van der Waals surface area contributed by atoms with E-state index in [1.807, 2.05) is 0 Å². The molecule has 1 atom stereocenters. The average molecular weight is 484 g/mol. The molecule has 0 radical (unpaired) electrons. The lowest BCUT2D eigenvalue weighted by Gasteiger charge is -2.32. The highest BCUT2D eigenvalue weighted by atomic mass is 32.2. The molecule has 1 aromatic rings. The minimum absolute atomic E-state index is 0.167. The third-order valence-electron chi connectivity index (χ3n) is 5.86. The monoisotopic (exact) mass is 483 g/mol. The molecule has 0 spiro atoms. The molecule has 0 bridgehead atoms. The van der Waals surface area contributed by atoms with Crippen LogP contribution in [0.4, 0.5) is 0 Å². The van der Waals surface area contributed by atoms with Gasteiger partial charge in [0.1, 0.15) is 11.9 Å². The van der Waals surface area contributed by atoms with Crippen molar-refractivity contribution in [1.29, 1.82) is 5.41 Å². The van der Waals surface area contributed by atoms with Gasteiger partial charge in [0.05, 0.1) is 23.2 Å². The van der Waals surface area contributed by atoms with E-state index in [-0.39, 0.29) is 29.9 Å². The summed E-state index contributed by atoms with van der Waals surface area (Å²) in [4.78, 5) is 39.3. The molecule has 2 fully saturated rings. The van der Waals surface area contributed by atoms with Crippen LogP contribution in [0.1, 0.15) is 60.2 Å². The van der Waals surface area contributed by atoms with Gasteiger partial charge in [-0.3, -0.25) is 19.8 Å². The molecule has 1 saturated carbocycles. The Morgan fingerprint density at radius 3 is 2.53 bits per heavy atom. The van der Waals surface area contributed by atoms with Crippen LogP contribution in [0.3, 0.4) is 0 Å². The number of nitrogens with zero attached hydrogens (tertiary/aromatic N) is 2. The zero-order valence-electron chi connectivity index (χ0n) is 18.0. The third kappa shape index (κ3) is 5.36. The van der Waals surface area contributed by atoms with E-state index in [1.54, 1.807) is 0 Å². The maximum Gasteiger partial charge on any atom is 0.268 e. The Kier molecular flexibility index (Phi) is 7.67. The lowest BCUT2D eigenvalue weighted by Crippen LogP contribution is -2.49. The Hall–Kier alpha value is -2.31. The molecule has 2 aliphatic rings. The fourth-order valence-corrected chi connectivity index (χ4v) is 6.28. The summed E-state index contributed by atoms with van der Waals surface area (Å²) in [5.74, 6) is -1.61. The predicted molar refractivity (Wildman–Crippen MR) is 121 cm³/mol. The van der Waals surface area contributed by atoms with Crippen molar-refractivity contribution in [2.75, 3.05) is 19.3 Å². The molecule has 0 unspecified atom stereocenters. The van der Waals surface area contributed by atoms with E-state index < -0.39 is 27.9 Å². The highest BCUT2D eigenvalue weighted by Crippen LogP contribution is 2.27. The largest absolute Gasteiger partial charge is 0.330 e. The molecule has 1 aromatic heterocycles. The molecule has 1 saturated heterocycles. The van der Waals surface area contributed by atoms with E-state index in [0.29, 0.717) is 37.1 Å². The summed E-state index contributed by atoms with van der Waals surface area (Å²) in [6.07, 6.45) is 6.26. The van der Waals surface area contributed by atoms with Gasteiger partial charge in [-0.2, -0.15) is 0 Å². The molecule has 1 aliphatic heterocycles. The number of nitrogens with two attached hydrogens (primary N) is 1. The standard InChI is InChI=1S/C20H29N5O5S2/c1-32(29,30)25(14-6-3-2-4-7-14)20(28)13-10-16(31-12-13)18(22)23-19(27)15-8-5-9-24(15)17(26)11-21/h10,12,14-15H,2-9,11,21H2,1H3,(H2,22,23,27)/t15-/m0/s1. The summed E-state index contributed by atoms with van der Waals surface area (Å²) in [5.41, 5.74) is 5.57. The third-order valence-corrected chi connectivity index (χ3v) is 7.98. The summed E-state index contributed by atoms with van der Waals surface area (Å²) in [7, 11) is -3.75. The van der Waals surface area contributed by atoms with Crippen LogP contribution >= 0.6 is 11.3 Å². The van der Waals surface area contributed by atoms with E-state index >= 15 is 0 Å². The first-order valence-electron chi connectivity index (χ1n) is 10.6. The summed E-state index contributed by atoms with van der Waals surface area (Å²) in [5, 5.41) is 12.2. The van der Waals surface area contributed by atoms with E-state index in [4.69, 9.17) is 11.1 Å². The second kappa shape index (κ2) is 10.1. The molecule has 12 heteroatoms. The first-order chi connectivity index (χ1) is 15.1. The lowest BCUT2D eigenvalue weighted by atomic mass is 9.95. The number of sulfonamides is 1. The summed E-state index contributed by atoms with van der Waals surface area (Å²) < 4.78 is 25.7. The summed E-state index contributed by atoms with van der Waals surface area (Å²) in [6, 6.07) is 0.385. The van der Waals surface area contributed by atoms with Crippen LogP contribution in [0, 0.1) is 5.41 Å². The second-order valence-electron chi connectivity index (χ2n) is 8.17. The topological polar surface area (TPSA) is 154 Å². The number of carbonyl (C=O) groups excluding carboxylic acids is 3. The van der Waals surface area contributed by atoms with Crippen molar-refractivity contribution in [2.24, 2.45) is 5.73 Å². The zero-order chi connectivity index (χ0) is 23.5.